The molecule has 1 heterocycles. The van der Waals surface area contributed by atoms with E-state index >= 15 is 0 Å². The summed E-state index contributed by atoms with van der Waals surface area (Å²) in [6.45, 7) is 3.90. The van der Waals surface area contributed by atoms with Crippen molar-refractivity contribution in [3.05, 3.63) is 18.2 Å². The van der Waals surface area contributed by atoms with Gasteiger partial charge in [0, 0.05) is 19.3 Å². The van der Waals surface area contributed by atoms with E-state index in [0.717, 1.165) is 18.7 Å². The number of aryl methyl sites for hydroxylation is 1. The molecule has 5 heteroatoms. The molecule has 1 aromatic heterocycles. The van der Waals surface area contributed by atoms with Crippen LogP contribution < -0.4 is 11.1 Å². The first kappa shape index (κ1) is 10.7. The summed E-state index contributed by atoms with van der Waals surface area (Å²) < 4.78 is 2.06. The highest BCUT2D eigenvalue weighted by Crippen LogP contribution is 1.99. The van der Waals surface area contributed by atoms with Gasteiger partial charge in [-0.15, -0.1) is 0 Å². The number of amides is 1. The molecule has 0 aliphatic heterocycles. The van der Waals surface area contributed by atoms with Gasteiger partial charge < -0.3 is 15.6 Å². The number of carbonyl (C=O) groups is 1. The van der Waals surface area contributed by atoms with Gasteiger partial charge >= 0.3 is 0 Å². The molecule has 14 heavy (non-hydrogen) atoms. The monoisotopic (exact) mass is 196 g/mol. The fourth-order valence-electron chi connectivity index (χ4n) is 1.25. The number of hydrogen-bond acceptors (Lipinski definition) is 3. The minimum atomic E-state index is -0.341. The summed E-state index contributed by atoms with van der Waals surface area (Å²) in [6, 6.07) is 0. The number of imidazole rings is 1. The van der Waals surface area contributed by atoms with E-state index in [-0.39, 0.29) is 12.5 Å². The molecule has 1 aromatic rings. The van der Waals surface area contributed by atoms with Crippen LogP contribution in [0.25, 0.3) is 0 Å². The second-order valence-electron chi connectivity index (χ2n) is 3.15. The van der Waals surface area contributed by atoms with Gasteiger partial charge in [0.25, 0.3) is 0 Å². The highest BCUT2D eigenvalue weighted by Gasteiger charge is 2.00. The fraction of sp³-hybridized carbons (Fsp3) is 0.556. The predicted octanol–water partition coefficient (Wildman–Crippen LogP) is -0.132. The zero-order valence-corrected chi connectivity index (χ0v) is 8.36. The molecule has 0 saturated heterocycles. The summed E-state index contributed by atoms with van der Waals surface area (Å²) in [6.07, 6.45) is 4.66. The predicted molar refractivity (Wildman–Crippen MR) is 53.4 cm³/mol. The maximum Gasteiger partial charge on any atom is 0.231 e. The van der Waals surface area contributed by atoms with Gasteiger partial charge in [0.2, 0.25) is 5.91 Å². The van der Waals surface area contributed by atoms with Gasteiger partial charge in [-0.25, -0.2) is 4.98 Å². The Morgan fingerprint density at radius 1 is 1.71 bits per heavy atom. The first-order chi connectivity index (χ1) is 6.74. The molecule has 3 N–H and O–H groups in total. The molecule has 0 spiro atoms. The second-order valence-corrected chi connectivity index (χ2v) is 3.15. The lowest BCUT2D eigenvalue weighted by Crippen LogP contribution is -2.28. The van der Waals surface area contributed by atoms with Crippen molar-refractivity contribution < 1.29 is 4.79 Å². The minimum absolute atomic E-state index is 0.206. The molecule has 0 unspecified atom stereocenters. The minimum Gasteiger partial charge on any atom is -0.369 e. The summed E-state index contributed by atoms with van der Waals surface area (Å²) in [4.78, 5) is 14.5. The van der Waals surface area contributed by atoms with E-state index in [4.69, 9.17) is 5.73 Å². The summed E-state index contributed by atoms with van der Waals surface area (Å²) in [5, 5.41) is 2.95. The third kappa shape index (κ3) is 3.18. The molecular formula is C9H16N4O. The Morgan fingerprint density at radius 2 is 2.50 bits per heavy atom. The van der Waals surface area contributed by atoms with Crippen molar-refractivity contribution in [1.29, 1.82) is 0 Å². The molecule has 5 nitrogen and oxygen atoms in total. The summed E-state index contributed by atoms with van der Waals surface area (Å²) in [5.74, 6) is -0.341. The number of nitrogens with two attached hydrogens (primary N) is 1. The lowest BCUT2D eigenvalue weighted by molar-refractivity contribution is -0.117. The van der Waals surface area contributed by atoms with Crippen LogP contribution in [0.1, 0.15) is 19.0 Å². The lowest BCUT2D eigenvalue weighted by atomic mass is 10.4. The number of nitrogens with one attached hydrogen (secondary N) is 1. The van der Waals surface area contributed by atoms with Gasteiger partial charge in [-0.2, -0.15) is 0 Å². The average molecular weight is 196 g/mol. The van der Waals surface area contributed by atoms with E-state index in [9.17, 15) is 4.79 Å². The Balaban J connectivity index is 2.41. The molecule has 0 fully saturated rings. The number of aromatic nitrogens is 2. The van der Waals surface area contributed by atoms with Gasteiger partial charge in [0.05, 0.1) is 18.6 Å². The van der Waals surface area contributed by atoms with Crippen molar-refractivity contribution in [3.8, 4) is 0 Å². The van der Waals surface area contributed by atoms with Crippen LogP contribution in [0.5, 0.6) is 0 Å². The number of hydrogen-bond donors (Lipinski definition) is 2. The topological polar surface area (TPSA) is 72.9 Å². The summed E-state index contributed by atoms with van der Waals surface area (Å²) in [5.41, 5.74) is 6.08. The molecule has 0 radical (unpaired) electrons. The quantitative estimate of drug-likeness (QED) is 0.665. The molecule has 0 atom stereocenters. The number of nitrogens with zero attached hydrogens (tertiary/aromatic N) is 2. The van der Waals surface area contributed by atoms with E-state index in [1.807, 2.05) is 0 Å². The first-order valence-electron chi connectivity index (χ1n) is 4.72. The molecule has 78 valence electrons. The molecule has 0 aliphatic carbocycles. The number of primary amides is 1. The summed E-state index contributed by atoms with van der Waals surface area (Å²) in [7, 11) is 0. The third-order valence-electron chi connectivity index (χ3n) is 1.87. The molecule has 0 bridgehead atoms. The summed E-state index contributed by atoms with van der Waals surface area (Å²) >= 11 is 0. The number of carbonyl (C=O) groups excluding carboxylic acids is 1. The Hall–Kier alpha value is -1.36. The molecule has 0 aromatic carbocycles. The largest absolute Gasteiger partial charge is 0.369 e. The first-order valence-corrected chi connectivity index (χ1v) is 4.72. The van der Waals surface area contributed by atoms with Crippen molar-refractivity contribution in [2.75, 3.05) is 6.54 Å². The van der Waals surface area contributed by atoms with Crippen LogP contribution in [0.15, 0.2) is 12.5 Å². The zero-order chi connectivity index (χ0) is 10.4. The fourth-order valence-corrected chi connectivity index (χ4v) is 1.25. The molecule has 1 amide bonds. The smallest absolute Gasteiger partial charge is 0.231 e. The van der Waals surface area contributed by atoms with E-state index in [2.05, 4.69) is 21.8 Å². The van der Waals surface area contributed by atoms with E-state index < -0.39 is 0 Å². The third-order valence-corrected chi connectivity index (χ3v) is 1.87. The second kappa shape index (κ2) is 5.39. The average Bonchev–Trinajstić information content (AvgIpc) is 2.53. The highest BCUT2D eigenvalue weighted by atomic mass is 16.1. The van der Waals surface area contributed by atoms with E-state index in [0.29, 0.717) is 6.54 Å². The normalized spacial score (nSPS) is 10.4. The van der Waals surface area contributed by atoms with Crippen molar-refractivity contribution in [1.82, 2.24) is 14.9 Å². The van der Waals surface area contributed by atoms with Crippen LogP contribution in [-0.2, 0) is 17.9 Å². The maximum absolute atomic E-state index is 10.5. The van der Waals surface area contributed by atoms with Crippen LogP contribution in [0.2, 0.25) is 0 Å². The van der Waals surface area contributed by atoms with Crippen molar-refractivity contribution >= 4 is 5.91 Å². The van der Waals surface area contributed by atoms with E-state index in [1.54, 1.807) is 12.5 Å². The van der Waals surface area contributed by atoms with Crippen molar-refractivity contribution in [3.63, 3.8) is 0 Å². The van der Waals surface area contributed by atoms with Gasteiger partial charge in [0.1, 0.15) is 0 Å². The highest BCUT2D eigenvalue weighted by molar-refractivity contribution is 5.75. The molecule has 1 rings (SSSR count). The van der Waals surface area contributed by atoms with Crippen LogP contribution in [-0.4, -0.2) is 22.0 Å². The Labute approximate surface area is 83.3 Å². The SMILES string of the molecule is CCCn1cncc1CNCC(N)=O. The Bertz CT molecular complexity index is 295. The van der Waals surface area contributed by atoms with Gasteiger partial charge in [-0.1, -0.05) is 6.92 Å². The van der Waals surface area contributed by atoms with Crippen LogP contribution in [0.4, 0.5) is 0 Å². The standard InChI is InChI=1S/C9H16N4O/c1-2-3-13-7-12-5-8(13)4-11-6-9(10)14/h5,7,11H,2-4,6H2,1H3,(H2,10,14). The maximum atomic E-state index is 10.5. The van der Waals surface area contributed by atoms with Gasteiger partial charge in [-0.3, -0.25) is 4.79 Å². The van der Waals surface area contributed by atoms with Crippen LogP contribution >= 0.6 is 0 Å². The zero-order valence-electron chi connectivity index (χ0n) is 8.36. The van der Waals surface area contributed by atoms with Gasteiger partial charge in [0.15, 0.2) is 0 Å². The Kier molecular flexibility index (Phi) is 4.12. The molecular weight excluding hydrogens is 180 g/mol. The Morgan fingerprint density at radius 3 is 3.14 bits per heavy atom. The molecule has 0 saturated carbocycles. The molecule has 0 aliphatic rings. The van der Waals surface area contributed by atoms with Crippen molar-refractivity contribution in [2.45, 2.75) is 26.4 Å². The lowest BCUT2D eigenvalue weighted by Gasteiger charge is -2.06. The van der Waals surface area contributed by atoms with E-state index in [1.165, 1.54) is 0 Å². The van der Waals surface area contributed by atoms with Crippen LogP contribution in [0, 0.1) is 0 Å². The van der Waals surface area contributed by atoms with Crippen LogP contribution in [0.3, 0.4) is 0 Å². The number of rotatable bonds is 6. The van der Waals surface area contributed by atoms with Gasteiger partial charge in [-0.05, 0) is 6.42 Å². The van der Waals surface area contributed by atoms with Crippen molar-refractivity contribution in [2.24, 2.45) is 5.73 Å².